The number of nitrogens with one attached hydrogen (secondary N) is 2. The van der Waals surface area contributed by atoms with E-state index in [1.54, 1.807) is 12.1 Å². The molecule has 0 heterocycles. The van der Waals surface area contributed by atoms with Crippen LogP contribution in [-0.4, -0.2) is 46.6 Å². The van der Waals surface area contributed by atoms with Crippen LogP contribution in [0.2, 0.25) is 0 Å². The van der Waals surface area contributed by atoms with Crippen LogP contribution in [0.15, 0.2) is 24.3 Å². The number of carboxylic acids is 1. The number of hydrogen-bond donors (Lipinski definition) is 5. The van der Waals surface area contributed by atoms with E-state index in [-0.39, 0.29) is 18.7 Å². The Morgan fingerprint density at radius 2 is 1.82 bits per heavy atom. The number of benzene rings is 1. The molecule has 1 aromatic carbocycles. The quantitative estimate of drug-likeness (QED) is 0.436. The highest BCUT2D eigenvalue weighted by Crippen LogP contribution is 2.10. The lowest BCUT2D eigenvalue weighted by Crippen LogP contribution is -2.48. The molecule has 6 N–H and O–H groups in total. The van der Waals surface area contributed by atoms with Gasteiger partial charge in [-0.2, -0.15) is 0 Å². The van der Waals surface area contributed by atoms with Crippen LogP contribution < -0.4 is 16.4 Å². The molecule has 2 unspecified atom stereocenters. The molecule has 8 heteroatoms. The summed E-state index contributed by atoms with van der Waals surface area (Å²) in [5.41, 5.74) is 6.49. The molecule has 120 valence electrons. The molecule has 22 heavy (non-hydrogen) atoms. The van der Waals surface area contributed by atoms with Crippen molar-refractivity contribution in [1.29, 1.82) is 0 Å². The average molecular weight is 309 g/mol. The molecule has 2 atom stereocenters. The molecule has 8 nitrogen and oxygen atoms in total. The SMILES string of the molecule is CC(NC(=O)CNC(=O)C(N)Cc1ccc(O)cc1)C(=O)O. The fourth-order valence-electron chi connectivity index (χ4n) is 1.63. The first kappa shape index (κ1) is 17.4. The summed E-state index contributed by atoms with van der Waals surface area (Å²) < 4.78 is 0. The van der Waals surface area contributed by atoms with E-state index in [0.717, 1.165) is 5.56 Å². The van der Waals surface area contributed by atoms with Gasteiger partial charge in [0.15, 0.2) is 0 Å². The lowest BCUT2D eigenvalue weighted by atomic mass is 10.1. The average Bonchev–Trinajstić information content (AvgIpc) is 2.46. The molecule has 0 spiro atoms. The van der Waals surface area contributed by atoms with Crippen LogP contribution in [0.4, 0.5) is 0 Å². The van der Waals surface area contributed by atoms with Gasteiger partial charge in [0.05, 0.1) is 12.6 Å². The first-order valence-corrected chi connectivity index (χ1v) is 6.63. The van der Waals surface area contributed by atoms with Crippen LogP contribution in [0, 0.1) is 0 Å². The van der Waals surface area contributed by atoms with Gasteiger partial charge in [-0.05, 0) is 31.0 Å². The first-order chi connectivity index (χ1) is 10.3. The van der Waals surface area contributed by atoms with Crippen LogP contribution in [0.1, 0.15) is 12.5 Å². The second-order valence-electron chi connectivity index (χ2n) is 4.82. The highest BCUT2D eigenvalue weighted by atomic mass is 16.4. The Morgan fingerprint density at radius 3 is 2.36 bits per heavy atom. The summed E-state index contributed by atoms with van der Waals surface area (Å²) >= 11 is 0. The number of carboxylic acid groups (broad SMARTS) is 1. The van der Waals surface area contributed by atoms with Gasteiger partial charge in [0.2, 0.25) is 11.8 Å². The van der Waals surface area contributed by atoms with Gasteiger partial charge < -0.3 is 26.6 Å². The Labute approximate surface area is 127 Å². The molecule has 1 rings (SSSR count). The zero-order valence-electron chi connectivity index (χ0n) is 12.1. The molecule has 0 saturated heterocycles. The smallest absolute Gasteiger partial charge is 0.325 e. The number of carbonyl (C=O) groups is 3. The molecule has 0 saturated carbocycles. The summed E-state index contributed by atoms with van der Waals surface area (Å²) in [5.74, 6) is -2.18. The molecular formula is C14H19N3O5. The second-order valence-corrected chi connectivity index (χ2v) is 4.82. The number of rotatable bonds is 7. The van der Waals surface area contributed by atoms with Gasteiger partial charge in [0.25, 0.3) is 0 Å². The molecule has 2 amide bonds. The molecule has 0 aromatic heterocycles. The van der Waals surface area contributed by atoms with E-state index in [1.165, 1.54) is 19.1 Å². The highest BCUT2D eigenvalue weighted by molar-refractivity contribution is 5.89. The maximum absolute atomic E-state index is 11.8. The number of carbonyl (C=O) groups excluding carboxylic acids is 2. The van der Waals surface area contributed by atoms with E-state index in [2.05, 4.69) is 10.6 Å². The Hall–Kier alpha value is -2.61. The Kier molecular flexibility index (Phi) is 6.33. The van der Waals surface area contributed by atoms with E-state index in [9.17, 15) is 14.4 Å². The molecule has 0 fully saturated rings. The molecule has 0 radical (unpaired) electrons. The van der Waals surface area contributed by atoms with E-state index in [4.69, 9.17) is 15.9 Å². The van der Waals surface area contributed by atoms with E-state index in [0.29, 0.717) is 0 Å². The molecule has 0 aliphatic carbocycles. The van der Waals surface area contributed by atoms with Crippen LogP contribution >= 0.6 is 0 Å². The molecule has 0 aliphatic heterocycles. The summed E-state index contributed by atoms with van der Waals surface area (Å²) in [6, 6.07) is 4.37. The van der Waals surface area contributed by atoms with E-state index in [1.807, 2.05) is 0 Å². The maximum Gasteiger partial charge on any atom is 0.325 e. The number of amides is 2. The van der Waals surface area contributed by atoms with Gasteiger partial charge in [0, 0.05) is 0 Å². The van der Waals surface area contributed by atoms with Gasteiger partial charge in [0.1, 0.15) is 11.8 Å². The van der Waals surface area contributed by atoms with Crippen LogP contribution in [0.5, 0.6) is 5.75 Å². The Bertz CT molecular complexity index is 544. The lowest BCUT2D eigenvalue weighted by Gasteiger charge is -2.13. The molecular weight excluding hydrogens is 290 g/mol. The van der Waals surface area contributed by atoms with Gasteiger partial charge in [-0.25, -0.2) is 0 Å². The van der Waals surface area contributed by atoms with Crippen molar-refractivity contribution in [3.05, 3.63) is 29.8 Å². The molecule has 1 aromatic rings. The van der Waals surface area contributed by atoms with Crippen LogP contribution in [-0.2, 0) is 20.8 Å². The van der Waals surface area contributed by atoms with Crippen molar-refractivity contribution < 1.29 is 24.6 Å². The monoisotopic (exact) mass is 309 g/mol. The largest absolute Gasteiger partial charge is 0.508 e. The number of aliphatic carboxylic acids is 1. The van der Waals surface area contributed by atoms with Crippen molar-refractivity contribution >= 4 is 17.8 Å². The number of aromatic hydroxyl groups is 1. The third kappa shape index (κ3) is 5.80. The molecule has 0 aliphatic rings. The van der Waals surface area contributed by atoms with Gasteiger partial charge in [-0.3, -0.25) is 14.4 Å². The summed E-state index contributed by atoms with van der Waals surface area (Å²) in [5, 5.41) is 22.3. The highest BCUT2D eigenvalue weighted by Gasteiger charge is 2.17. The number of phenolic OH excluding ortho intramolecular Hbond substituents is 1. The van der Waals surface area contributed by atoms with Crippen molar-refractivity contribution in [2.45, 2.75) is 25.4 Å². The summed E-state index contributed by atoms with van der Waals surface area (Å²) in [4.78, 5) is 33.7. The fourth-order valence-corrected chi connectivity index (χ4v) is 1.63. The number of nitrogens with two attached hydrogens (primary N) is 1. The van der Waals surface area contributed by atoms with Crippen molar-refractivity contribution in [3.8, 4) is 5.75 Å². The van der Waals surface area contributed by atoms with Crippen molar-refractivity contribution in [2.75, 3.05) is 6.54 Å². The minimum atomic E-state index is -1.16. The Balaban J connectivity index is 2.39. The Morgan fingerprint density at radius 1 is 1.23 bits per heavy atom. The number of hydrogen-bond acceptors (Lipinski definition) is 5. The fraction of sp³-hybridized carbons (Fsp3) is 0.357. The minimum Gasteiger partial charge on any atom is -0.508 e. The zero-order chi connectivity index (χ0) is 16.7. The van der Waals surface area contributed by atoms with Gasteiger partial charge >= 0.3 is 5.97 Å². The summed E-state index contributed by atoms with van der Waals surface area (Å²) in [7, 11) is 0. The maximum atomic E-state index is 11.8. The topological polar surface area (TPSA) is 142 Å². The van der Waals surface area contributed by atoms with Gasteiger partial charge in [-0.1, -0.05) is 12.1 Å². The van der Waals surface area contributed by atoms with E-state index >= 15 is 0 Å². The second kappa shape index (κ2) is 7.99. The third-order valence-corrected chi connectivity index (χ3v) is 2.90. The van der Waals surface area contributed by atoms with Crippen molar-refractivity contribution in [1.82, 2.24) is 10.6 Å². The third-order valence-electron chi connectivity index (χ3n) is 2.90. The standard InChI is InChI=1S/C14H19N3O5/c1-8(14(21)22)17-12(19)7-16-13(20)11(15)6-9-2-4-10(18)5-3-9/h2-5,8,11,18H,6-7,15H2,1H3,(H,16,20)(H,17,19)(H,21,22). The van der Waals surface area contributed by atoms with Crippen LogP contribution in [0.25, 0.3) is 0 Å². The van der Waals surface area contributed by atoms with Crippen LogP contribution in [0.3, 0.4) is 0 Å². The predicted octanol–water partition coefficient (Wildman–Crippen LogP) is -1.03. The number of phenols is 1. The normalized spacial score (nSPS) is 13.0. The van der Waals surface area contributed by atoms with Gasteiger partial charge in [-0.15, -0.1) is 0 Å². The summed E-state index contributed by atoms with van der Waals surface area (Å²) in [6.07, 6.45) is 0.249. The molecule has 0 bridgehead atoms. The predicted molar refractivity (Wildman–Crippen MR) is 78.0 cm³/mol. The minimum absolute atomic E-state index is 0.117. The summed E-state index contributed by atoms with van der Waals surface area (Å²) in [6.45, 7) is 0.971. The first-order valence-electron chi connectivity index (χ1n) is 6.63. The van der Waals surface area contributed by atoms with E-state index < -0.39 is 29.9 Å². The lowest BCUT2D eigenvalue weighted by molar-refractivity contribution is -0.141. The van der Waals surface area contributed by atoms with Crippen molar-refractivity contribution in [2.24, 2.45) is 5.73 Å². The zero-order valence-corrected chi connectivity index (χ0v) is 12.1. The van der Waals surface area contributed by atoms with Crippen molar-refractivity contribution in [3.63, 3.8) is 0 Å².